The first-order valence-electron chi connectivity index (χ1n) is 8.69. The number of carbonyl (C=O) groups excluding carboxylic acids is 1. The predicted octanol–water partition coefficient (Wildman–Crippen LogP) is 3.43. The summed E-state index contributed by atoms with van der Waals surface area (Å²) in [6, 6.07) is 10.8. The summed E-state index contributed by atoms with van der Waals surface area (Å²) >= 11 is 0. The van der Waals surface area contributed by atoms with E-state index in [1.807, 2.05) is 6.07 Å². The predicted molar refractivity (Wildman–Crippen MR) is 87.6 cm³/mol. The maximum absolute atomic E-state index is 12.2. The van der Waals surface area contributed by atoms with Gasteiger partial charge in [-0.15, -0.1) is 0 Å². The Labute approximate surface area is 133 Å². The molecular weight excluding hydrogens is 274 g/mol. The lowest BCUT2D eigenvalue weighted by atomic mass is 9.91. The quantitative estimate of drug-likeness (QED) is 0.834. The van der Waals surface area contributed by atoms with Crippen LogP contribution in [0.3, 0.4) is 0 Å². The van der Waals surface area contributed by atoms with Crippen molar-refractivity contribution >= 4 is 5.91 Å². The fourth-order valence-electron chi connectivity index (χ4n) is 3.84. The number of hydrogen-bond acceptors (Lipinski definition) is 2. The van der Waals surface area contributed by atoms with Crippen LogP contribution in [0.5, 0.6) is 0 Å². The van der Waals surface area contributed by atoms with Crippen molar-refractivity contribution in [3.8, 4) is 0 Å². The highest BCUT2D eigenvalue weighted by atomic mass is 16.5. The van der Waals surface area contributed by atoms with Gasteiger partial charge in [-0.1, -0.05) is 50.1 Å². The molecule has 120 valence electrons. The maximum atomic E-state index is 12.2. The Kier molecular flexibility index (Phi) is 5.14. The minimum absolute atomic E-state index is 0.228. The third-order valence-corrected chi connectivity index (χ3v) is 4.99. The number of amides is 1. The minimum atomic E-state index is 0.228. The molecule has 3 nitrogen and oxygen atoms in total. The molecule has 2 fully saturated rings. The van der Waals surface area contributed by atoms with Crippen LogP contribution in [0.4, 0.5) is 0 Å². The van der Waals surface area contributed by atoms with Gasteiger partial charge in [0, 0.05) is 13.0 Å². The van der Waals surface area contributed by atoms with Gasteiger partial charge >= 0.3 is 0 Å². The zero-order chi connectivity index (χ0) is 15.4. The van der Waals surface area contributed by atoms with Crippen molar-refractivity contribution in [1.82, 2.24) is 4.90 Å². The molecule has 1 saturated carbocycles. The molecular formula is C19H27NO2. The zero-order valence-electron chi connectivity index (χ0n) is 13.5. The van der Waals surface area contributed by atoms with E-state index in [1.165, 1.54) is 18.4 Å². The van der Waals surface area contributed by atoms with Crippen LogP contribution in [-0.4, -0.2) is 36.1 Å². The van der Waals surface area contributed by atoms with E-state index in [4.69, 9.17) is 4.74 Å². The van der Waals surface area contributed by atoms with Crippen LogP contribution in [0.2, 0.25) is 0 Å². The number of nitrogens with zero attached hydrogens (tertiary/aromatic N) is 1. The fourth-order valence-corrected chi connectivity index (χ4v) is 3.84. The monoisotopic (exact) mass is 301 g/mol. The standard InChI is InChI=1S/C19H27NO2/c1-15-13-19(21)20(14-15)17-9-5-6-10-18(17)22-12-11-16-7-3-2-4-8-16/h2-4,7-8,15,17-18H,5-6,9-14H2,1H3/t15?,17-,18+/m0/s1. The molecule has 1 amide bonds. The molecule has 1 aliphatic heterocycles. The average Bonchev–Trinajstić information content (AvgIpc) is 2.87. The van der Waals surface area contributed by atoms with Crippen molar-refractivity contribution in [2.45, 2.75) is 57.6 Å². The number of rotatable bonds is 5. The highest BCUT2D eigenvalue weighted by Crippen LogP contribution is 2.30. The summed E-state index contributed by atoms with van der Waals surface area (Å²) in [5.74, 6) is 0.829. The summed E-state index contributed by atoms with van der Waals surface area (Å²) in [6.45, 7) is 3.84. The minimum Gasteiger partial charge on any atom is -0.376 e. The number of ether oxygens (including phenoxy) is 1. The van der Waals surface area contributed by atoms with Gasteiger partial charge in [-0.3, -0.25) is 4.79 Å². The highest BCUT2D eigenvalue weighted by molar-refractivity contribution is 5.79. The molecule has 0 spiro atoms. The third-order valence-electron chi connectivity index (χ3n) is 4.99. The van der Waals surface area contributed by atoms with Crippen LogP contribution in [0.1, 0.15) is 44.6 Å². The molecule has 1 aromatic rings. The second-order valence-electron chi connectivity index (χ2n) is 6.85. The molecule has 1 heterocycles. The third kappa shape index (κ3) is 3.70. The smallest absolute Gasteiger partial charge is 0.223 e. The lowest BCUT2D eigenvalue weighted by molar-refractivity contribution is -0.134. The second-order valence-corrected chi connectivity index (χ2v) is 6.85. The Morgan fingerprint density at radius 2 is 1.95 bits per heavy atom. The molecule has 1 unspecified atom stereocenters. The van der Waals surface area contributed by atoms with E-state index in [0.717, 1.165) is 32.4 Å². The molecule has 0 radical (unpaired) electrons. The molecule has 0 bridgehead atoms. The largest absolute Gasteiger partial charge is 0.376 e. The molecule has 1 aliphatic carbocycles. The van der Waals surface area contributed by atoms with Gasteiger partial charge < -0.3 is 9.64 Å². The van der Waals surface area contributed by atoms with E-state index >= 15 is 0 Å². The molecule has 22 heavy (non-hydrogen) atoms. The van der Waals surface area contributed by atoms with Crippen LogP contribution < -0.4 is 0 Å². The summed E-state index contributed by atoms with van der Waals surface area (Å²) < 4.78 is 6.20. The Morgan fingerprint density at radius 3 is 2.68 bits per heavy atom. The SMILES string of the molecule is CC1CC(=O)N([C@H]2CCCC[C@H]2OCCc2ccccc2)C1. The van der Waals surface area contributed by atoms with Gasteiger partial charge in [0.05, 0.1) is 18.8 Å². The van der Waals surface area contributed by atoms with Gasteiger partial charge in [-0.2, -0.15) is 0 Å². The van der Waals surface area contributed by atoms with E-state index < -0.39 is 0 Å². The topological polar surface area (TPSA) is 29.5 Å². The summed E-state index contributed by atoms with van der Waals surface area (Å²) in [7, 11) is 0. The van der Waals surface area contributed by atoms with Crippen molar-refractivity contribution < 1.29 is 9.53 Å². The molecule has 1 saturated heterocycles. The summed E-state index contributed by atoms with van der Waals surface area (Å²) in [4.78, 5) is 14.3. The first kappa shape index (κ1) is 15.5. The molecule has 3 rings (SSSR count). The lowest BCUT2D eigenvalue weighted by Gasteiger charge is -2.38. The van der Waals surface area contributed by atoms with Crippen LogP contribution in [0.15, 0.2) is 30.3 Å². The van der Waals surface area contributed by atoms with E-state index in [0.29, 0.717) is 24.3 Å². The molecule has 3 heteroatoms. The summed E-state index contributed by atoms with van der Waals surface area (Å²) in [5.41, 5.74) is 1.32. The zero-order valence-corrected chi connectivity index (χ0v) is 13.5. The molecule has 0 N–H and O–H groups in total. The lowest BCUT2D eigenvalue weighted by Crippen LogP contribution is -2.47. The van der Waals surface area contributed by atoms with Crippen molar-refractivity contribution in [2.24, 2.45) is 5.92 Å². The Balaban J connectivity index is 1.55. The van der Waals surface area contributed by atoms with Crippen molar-refractivity contribution in [2.75, 3.05) is 13.2 Å². The number of carbonyl (C=O) groups is 1. The highest BCUT2D eigenvalue weighted by Gasteiger charge is 2.37. The number of likely N-dealkylation sites (tertiary alicyclic amines) is 1. The molecule has 2 aliphatic rings. The van der Waals surface area contributed by atoms with Crippen molar-refractivity contribution in [1.29, 1.82) is 0 Å². The van der Waals surface area contributed by atoms with Crippen LogP contribution in [0, 0.1) is 5.92 Å². The van der Waals surface area contributed by atoms with Gasteiger partial charge in [0.25, 0.3) is 0 Å². The van der Waals surface area contributed by atoms with E-state index in [9.17, 15) is 4.79 Å². The first-order valence-corrected chi connectivity index (χ1v) is 8.69. The molecule has 0 aromatic heterocycles. The molecule has 1 aromatic carbocycles. The average molecular weight is 301 g/mol. The summed E-state index contributed by atoms with van der Waals surface area (Å²) in [5, 5.41) is 0. The Bertz CT molecular complexity index is 487. The maximum Gasteiger partial charge on any atom is 0.223 e. The van der Waals surface area contributed by atoms with Crippen LogP contribution in [-0.2, 0) is 16.0 Å². The Morgan fingerprint density at radius 1 is 1.18 bits per heavy atom. The first-order chi connectivity index (χ1) is 10.7. The van der Waals surface area contributed by atoms with Gasteiger partial charge in [0.1, 0.15) is 0 Å². The van der Waals surface area contributed by atoms with Crippen LogP contribution >= 0.6 is 0 Å². The van der Waals surface area contributed by atoms with Crippen molar-refractivity contribution in [3.63, 3.8) is 0 Å². The number of benzene rings is 1. The van der Waals surface area contributed by atoms with Gasteiger partial charge in [-0.25, -0.2) is 0 Å². The second kappa shape index (κ2) is 7.28. The van der Waals surface area contributed by atoms with Gasteiger partial charge in [-0.05, 0) is 30.7 Å². The van der Waals surface area contributed by atoms with Gasteiger partial charge in [0.15, 0.2) is 0 Å². The summed E-state index contributed by atoms with van der Waals surface area (Å²) in [6.07, 6.45) is 6.55. The van der Waals surface area contributed by atoms with Crippen molar-refractivity contribution in [3.05, 3.63) is 35.9 Å². The molecule has 3 atom stereocenters. The Hall–Kier alpha value is -1.35. The fraction of sp³-hybridized carbons (Fsp3) is 0.632. The van der Waals surface area contributed by atoms with E-state index in [-0.39, 0.29) is 6.10 Å². The van der Waals surface area contributed by atoms with E-state index in [1.54, 1.807) is 0 Å². The van der Waals surface area contributed by atoms with Gasteiger partial charge in [0.2, 0.25) is 5.91 Å². The van der Waals surface area contributed by atoms with E-state index in [2.05, 4.69) is 36.1 Å². The number of hydrogen-bond donors (Lipinski definition) is 0. The normalized spacial score (nSPS) is 29.0. The van der Waals surface area contributed by atoms with Crippen LogP contribution in [0.25, 0.3) is 0 Å².